The largest absolute Gasteiger partial charge is 0.494 e. The van der Waals surface area contributed by atoms with E-state index in [4.69, 9.17) is 9.47 Å². The van der Waals surface area contributed by atoms with Gasteiger partial charge < -0.3 is 14.0 Å². The molecule has 0 spiro atoms. The average Bonchev–Trinajstić information content (AvgIpc) is 3.33. The lowest BCUT2D eigenvalue weighted by atomic mass is 10.1. The first-order valence-electron chi connectivity index (χ1n) is 9.55. The van der Waals surface area contributed by atoms with Crippen molar-refractivity contribution in [2.24, 2.45) is 0 Å². The second-order valence-corrected chi connectivity index (χ2v) is 6.96. The number of hydrogen-bond donors (Lipinski definition) is 0. The zero-order valence-electron chi connectivity index (χ0n) is 16.0. The van der Waals surface area contributed by atoms with E-state index in [2.05, 4.69) is 71.2 Å². The summed E-state index contributed by atoms with van der Waals surface area (Å²) in [4.78, 5) is 2.39. The highest BCUT2D eigenvalue weighted by Gasteiger charge is 2.27. The van der Waals surface area contributed by atoms with Gasteiger partial charge in [-0.25, -0.2) is 0 Å². The topological polar surface area (TPSA) is 26.6 Å². The van der Waals surface area contributed by atoms with Crippen LogP contribution >= 0.6 is 0 Å². The van der Waals surface area contributed by atoms with E-state index in [-0.39, 0.29) is 6.23 Å². The average molecular weight is 362 g/mol. The molecule has 140 valence electrons. The Kier molecular flexibility index (Phi) is 5.28. The van der Waals surface area contributed by atoms with Crippen LogP contribution in [0, 0.1) is 6.92 Å². The maximum Gasteiger partial charge on any atom is 0.138 e. The van der Waals surface area contributed by atoms with Gasteiger partial charge in [0.2, 0.25) is 0 Å². The third-order valence-electron chi connectivity index (χ3n) is 4.92. The van der Waals surface area contributed by atoms with E-state index < -0.39 is 0 Å². The maximum atomic E-state index is 6.05. The summed E-state index contributed by atoms with van der Waals surface area (Å²) in [5, 5.41) is 0. The Morgan fingerprint density at radius 2 is 1.96 bits per heavy atom. The summed E-state index contributed by atoms with van der Waals surface area (Å²) in [6, 6.07) is 19.1. The van der Waals surface area contributed by atoms with Crippen LogP contribution in [-0.2, 0) is 11.3 Å². The first kappa shape index (κ1) is 17.8. The lowest BCUT2D eigenvalue weighted by Crippen LogP contribution is -2.23. The van der Waals surface area contributed by atoms with E-state index >= 15 is 0 Å². The molecule has 0 unspecified atom stereocenters. The number of aromatic nitrogens is 1. The van der Waals surface area contributed by atoms with Crippen molar-refractivity contribution >= 4 is 0 Å². The van der Waals surface area contributed by atoms with Gasteiger partial charge in [0.05, 0.1) is 13.2 Å². The molecular formula is C23H26N2O2. The Bertz CT molecular complexity index is 885. The van der Waals surface area contributed by atoms with Crippen LogP contribution in [0.4, 0.5) is 0 Å². The van der Waals surface area contributed by atoms with Crippen molar-refractivity contribution in [3.8, 4) is 11.4 Å². The molecule has 0 N–H and O–H groups in total. The summed E-state index contributed by atoms with van der Waals surface area (Å²) >= 11 is 0. The van der Waals surface area contributed by atoms with Crippen molar-refractivity contribution in [3.63, 3.8) is 0 Å². The minimum Gasteiger partial charge on any atom is -0.494 e. The molecule has 4 rings (SSSR count). The number of benzene rings is 2. The van der Waals surface area contributed by atoms with Crippen LogP contribution < -0.4 is 4.74 Å². The van der Waals surface area contributed by atoms with Gasteiger partial charge in [0, 0.05) is 42.8 Å². The predicted molar refractivity (Wildman–Crippen MR) is 107 cm³/mol. The zero-order valence-corrected chi connectivity index (χ0v) is 16.0. The van der Waals surface area contributed by atoms with Crippen LogP contribution in [0.2, 0.25) is 0 Å². The van der Waals surface area contributed by atoms with Gasteiger partial charge in [-0.15, -0.1) is 0 Å². The molecule has 1 aromatic heterocycles. The van der Waals surface area contributed by atoms with Gasteiger partial charge in [0.25, 0.3) is 0 Å². The Balaban J connectivity index is 1.51. The summed E-state index contributed by atoms with van der Waals surface area (Å²) in [6.45, 7) is 7.40. The van der Waals surface area contributed by atoms with E-state index in [0.717, 1.165) is 31.1 Å². The third kappa shape index (κ3) is 4.07. The van der Waals surface area contributed by atoms with Crippen LogP contribution in [0.15, 0.2) is 67.0 Å². The Labute approximate surface area is 161 Å². The molecule has 3 aromatic rings. The maximum absolute atomic E-state index is 6.05. The molecule has 1 atom stereocenters. The van der Waals surface area contributed by atoms with Crippen LogP contribution in [0.1, 0.15) is 29.8 Å². The summed E-state index contributed by atoms with van der Waals surface area (Å²) in [7, 11) is 0. The molecule has 0 saturated carbocycles. The summed E-state index contributed by atoms with van der Waals surface area (Å²) in [5.41, 5.74) is 4.89. The van der Waals surface area contributed by atoms with Crippen LogP contribution in [0.3, 0.4) is 0 Å². The highest BCUT2D eigenvalue weighted by Crippen LogP contribution is 2.30. The van der Waals surface area contributed by atoms with Gasteiger partial charge in [-0.1, -0.05) is 35.9 Å². The number of hydrogen-bond acceptors (Lipinski definition) is 3. The van der Waals surface area contributed by atoms with Crippen LogP contribution in [-0.4, -0.2) is 29.2 Å². The van der Waals surface area contributed by atoms with E-state index in [0.29, 0.717) is 6.61 Å². The minimum absolute atomic E-state index is 0.00243. The number of aryl methyl sites for hydroxylation is 1. The highest BCUT2D eigenvalue weighted by atomic mass is 16.5. The molecule has 4 nitrogen and oxygen atoms in total. The van der Waals surface area contributed by atoms with Crippen molar-refractivity contribution in [2.45, 2.75) is 26.6 Å². The number of ether oxygens (including phenoxy) is 2. The minimum atomic E-state index is 0.00243. The van der Waals surface area contributed by atoms with E-state index in [9.17, 15) is 0 Å². The van der Waals surface area contributed by atoms with Crippen molar-refractivity contribution in [1.82, 2.24) is 9.47 Å². The Morgan fingerprint density at radius 3 is 2.78 bits per heavy atom. The standard InChI is InChI=1S/C23H26N2O2/c1-3-26-22-6-4-5-21(15-22)24-12-11-20(17-24)23-25(13-14-27-23)16-19-9-7-18(2)8-10-19/h4-12,15,17,23H,3,13-14,16H2,1-2H3/t23-/m0/s1. The molecule has 1 saturated heterocycles. The molecule has 2 aromatic carbocycles. The fourth-order valence-electron chi connectivity index (χ4n) is 3.52. The van der Waals surface area contributed by atoms with Crippen LogP contribution in [0.5, 0.6) is 5.75 Å². The smallest absolute Gasteiger partial charge is 0.138 e. The molecule has 4 heteroatoms. The molecule has 1 fully saturated rings. The van der Waals surface area contributed by atoms with Gasteiger partial charge in [-0.05, 0) is 37.6 Å². The lowest BCUT2D eigenvalue weighted by Gasteiger charge is -2.22. The molecule has 1 aliphatic heterocycles. The SMILES string of the molecule is CCOc1cccc(-n2ccc([C@@H]3OCCN3Cc3ccc(C)cc3)c2)c1. The molecule has 0 amide bonds. The number of nitrogens with zero attached hydrogens (tertiary/aromatic N) is 2. The van der Waals surface area contributed by atoms with Gasteiger partial charge in [0.1, 0.15) is 12.0 Å². The monoisotopic (exact) mass is 362 g/mol. The summed E-state index contributed by atoms with van der Waals surface area (Å²) in [5.74, 6) is 0.892. The lowest BCUT2D eigenvalue weighted by molar-refractivity contribution is 0.0288. The second kappa shape index (κ2) is 7.99. The van der Waals surface area contributed by atoms with Crippen molar-refractivity contribution in [2.75, 3.05) is 19.8 Å². The molecule has 0 radical (unpaired) electrons. The van der Waals surface area contributed by atoms with Crippen molar-refractivity contribution in [3.05, 3.63) is 83.7 Å². The summed E-state index contributed by atoms with van der Waals surface area (Å²) in [6.07, 6.45) is 4.25. The molecule has 1 aliphatic rings. The Hall–Kier alpha value is -2.56. The Morgan fingerprint density at radius 1 is 1.11 bits per heavy atom. The quantitative estimate of drug-likeness (QED) is 0.635. The molecule has 2 heterocycles. The number of rotatable bonds is 6. The van der Waals surface area contributed by atoms with Gasteiger partial charge >= 0.3 is 0 Å². The highest BCUT2D eigenvalue weighted by molar-refractivity contribution is 5.40. The van der Waals surface area contributed by atoms with Crippen molar-refractivity contribution in [1.29, 1.82) is 0 Å². The normalized spacial score (nSPS) is 17.3. The molecule has 27 heavy (non-hydrogen) atoms. The second-order valence-electron chi connectivity index (χ2n) is 6.96. The van der Waals surface area contributed by atoms with E-state index in [1.807, 2.05) is 19.1 Å². The third-order valence-corrected chi connectivity index (χ3v) is 4.92. The fraction of sp³-hybridized carbons (Fsp3) is 0.304. The van der Waals surface area contributed by atoms with E-state index in [1.165, 1.54) is 16.7 Å². The predicted octanol–water partition coefficient (Wildman–Crippen LogP) is 4.72. The van der Waals surface area contributed by atoms with Crippen molar-refractivity contribution < 1.29 is 9.47 Å². The zero-order chi connectivity index (χ0) is 18.6. The van der Waals surface area contributed by atoms with Gasteiger partial charge in [-0.3, -0.25) is 4.90 Å². The van der Waals surface area contributed by atoms with Gasteiger partial charge in [0.15, 0.2) is 0 Å². The molecular weight excluding hydrogens is 336 g/mol. The summed E-state index contributed by atoms with van der Waals surface area (Å²) < 4.78 is 13.8. The molecule has 0 bridgehead atoms. The van der Waals surface area contributed by atoms with E-state index in [1.54, 1.807) is 0 Å². The van der Waals surface area contributed by atoms with Gasteiger partial charge in [-0.2, -0.15) is 0 Å². The molecule has 0 aliphatic carbocycles. The first-order chi connectivity index (χ1) is 13.2. The first-order valence-corrected chi connectivity index (χ1v) is 9.55. The fourth-order valence-corrected chi connectivity index (χ4v) is 3.52. The van der Waals surface area contributed by atoms with Crippen LogP contribution in [0.25, 0.3) is 5.69 Å².